The fourth-order valence-electron chi connectivity index (χ4n) is 2.88. The number of rotatable bonds is 3. The molecule has 1 aromatic rings. The van der Waals surface area contributed by atoms with Crippen molar-refractivity contribution in [2.75, 3.05) is 13.1 Å². The van der Waals surface area contributed by atoms with Gasteiger partial charge in [-0.15, -0.1) is 0 Å². The Hall–Kier alpha value is -1.07. The Morgan fingerprint density at radius 3 is 2.63 bits per heavy atom. The number of alkyl halides is 3. The summed E-state index contributed by atoms with van der Waals surface area (Å²) < 4.78 is 37.8. The third-order valence-electron chi connectivity index (χ3n) is 3.80. The van der Waals surface area contributed by atoms with E-state index >= 15 is 0 Å². The quantitative estimate of drug-likeness (QED) is 0.916. The second kappa shape index (κ2) is 5.51. The van der Waals surface area contributed by atoms with Gasteiger partial charge in [-0.3, -0.25) is 4.90 Å². The van der Waals surface area contributed by atoms with Gasteiger partial charge in [-0.1, -0.05) is 31.2 Å². The molecule has 19 heavy (non-hydrogen) atoms. The molecular formula is C14H19F3N2. The number of nitrogens with zero attached hydrogens (tertiary/aromatic N) is 1. The molecule has 2 N–H and O–H groups in total. The number of hydrogen-bond acceptors (Lipinski definition) is 2. The lowest BCUT2D eigenvalue weighted by Crippen LogP contribution is -2.48. The molecule has 1 aliphatic rings. The molecule has 106 valence electrons. The van der Waals surface area contributed by atoms with Crippen molar-refractivity contribution in [2.24, 2.45) is 5.73 Å². The van der Waals surface area contributed by atoms with E-state index in [1.54, 1.807) is 6.92 Å². The molecule has 0 bridgehead atoms. The Kier molecular flexibility index (Phi) is 4.16. The largest absolute Gasteiger partial charge is 0.401 e. The zero-order valence-corrected chi connectivity index (χ0v) is 11.0. The van der Waals surface area contributed by atoms with Crippen molar-refractivity contribution < 1.29 is 13.2 Å². The van der Waals surface area contributed by atoms with Crippen LogP contribution in [0.4, 0.5) is 13.2 Å². The summed E-state index contributed by atoms with van der Waals surface area (Å²) in [5.41, 5.74) is 8.32. The van der Waals surface area contributed by atoms with Crippen LogP contribution in [0.1, 0.15) is 30.5 Å². The molecule has 0 heterocycles. The van der Waals surface area contributed by atoms with E-state index in [1.807, 2.05) is 24.3 Å². The lowest BCUT2D eigenvalue weighted by atomic mass is 9.83. The van der Waals surface area contributed by atoms with Gasteiger partial charge in [0, 0.05) is 12.1 Å². The summed E-state index contributed by atoms with van der Waals surface area (Å²) in [6, 6.07) is 7.19. The predicted octanol–water partition coefficient (Wildman–Crippen LogP) is 2.89. The molecule has 0 saturated carbocycles. The predicted molar refractivity (Wildman–Crippen MR) is 68.8 cm³/mol. The molecule has 0 aromatic heterocycles. The molecule has 1 aliphatic carbocycles. The van der Waals surface area contributed by atoms with Crippen molar-refractivity contribution >= 4 is 0 Å². The molecule has 2 nitrogen and oxygen atoms in total. The molecule has 1 aromatic carbocycles. The first-order valence-electron chi connectivity index (χ1n) is 6.56. The number of likely N-dealkylation sites (N-methyl/N-ethyl adjacent to an activating group) is 1. The lowest BCUT2D eigenvalue weighted by molar-refractivity contribution is -0.151. The minimum atomic E-state index is -4.17. The van der Waals surface area contributed by atoms with Gasteiger partial charge in [0.25, 0.3) is 0 Å². The van der Waals surface area contributed by atoms with Crippen molar-refractivity contribution in [3.8, 4) is 0 Å². The number of hydrogen-bond donors (Lipinski definition) is 1. The van der Waals surface area contributed by atoms with Gasteiger partial charge >= 0.3 is 6.18 Å². The molecule has 2 atom stereocenters. The second-order valence-electron chi connectivity index (χ2n) is 5.01. The minimum Gasteiger partial charge on any atom is -0.323 e. The van der Waals surface area contributed by atoms with Crippen LogP contribution in [0.15, 0.2) is 24.3 Å². The zero-order chi connectivity index (χ0) is 14.0. The molecule has 0 spiro atoms. The summed E-state index contributed by atoms with van der Waals surface area (Å²) in [6.07, 6.45) is -2.70. The maximum atomic E-state index is 12.6. The maximum Gasteiger partial charge on any atom is 0.401 e. The number of fused-ring (bicyclic) bond motifs is 1. The van der Waals surface area contributed by atoms with Crippen LogP contribution in [0.5, 0.6) is 0 Å². The number of nitrogens with two attached hydrogens (primary N) is 1. The SMILES string of the molecule is CCN(CC(F)(F)F)C1CCc2ccccc2C1N. The molecule has 0 radical (unpaired) electrons. The lowest BCUT2D eigenvalue weighted by Gasteiger charge is -2.39. The van der Waals surface area contributed by atoms with Crippen molar-refractivity contribution in [1.29, 1.82) is 0 Å². The van der Waals surface area contributed by atoms with E-state index in [-0.39, 0.29) is 12.1 Å². The van der Waals surface area contributed by atoms with Crippen molar-refractivity contribution in [3.05, 3.63) is 35.4 Å². The monoisotopic (exact) mass is 272 g/mol. The van der Waals surface area contributed by atoms with Crippen LogP contribution in [0.3, 0.4) is 0 Å². The first-order valence-corrected chi connectivity index (χ1v) is 6.56. The fraction of sp³-hybridized carbons (Fsp3) is 0.571. The molecule has 0 aliphatic heterocycles. The van der Waals surface area contributed by atoms with Gasteiger partial charge in [0.15, 0.2) is 0 Å². The van der Waals surface area contributed by atoms with Crippen LogP contribution in [-0.2, 0) is 6.42 Å². The summed E-state index contributed by atoms with van der Waals surface area (Å²) >= 11 is 0. The van der Waals surface area contributed by atoms with Crippen LogP contribution in [-0.4, -0.2) is 30.2 Å². The smallest absolute Gasteiger partial charge is 0.323 e. The molecule has 0 saturated heterocycles. The van der Waals surface area contributed by atoms with Gasteiger partial charge in [0.2, 0.25) is 0 Å². The molecule has 2 rings (SSSR count). The van der Waals surface area contributed by atoms with E-state index < -0.39 is 12.7 Å². The van der Waals surface area contributed by atoms with Crippen molar-refractivity contribution in [2.45, 2.75) is 38.0 Å². The van der Waals surface area contributed by atoms with Gasteiger partial charge in [0.05, 0.1) is 6.54 Å². The van der Waals surface area contributed by atoms with Crippen LogP contribution in [0.25, 0.3) is 0 Å². The Balaban J connectivity index is 2.18. The average molecular weight is 272 g/mol. The summed E-state index contributed by atoms with van der Waals surface area (Å²) in [6.45, 7) is 1.23. The van der Waals surface area contributed by atoms with Gasteiger partial charge < -0.3 is 5.73 Å². The summed E-state index contributed by atoms with van der Waals surface area (Å²) in [7, 11) is 0. The Morgan fingerprint density at radius 1 is 1.32 bits per heavy atom. The van der Waals surface area contributed by atoms with Gasteiger partial charge in [-0.05, 0) is 30.5 Å². The zero-order valence-electron chi connectivity index (χ0n) is 11.0. The van der Waals surface area contributed by atoms with Crippen LogP contribution < -0.4 is 5.73 Å². The highest BCUT2D eigenvalue weighted by atomic mass is 19.4. The third-order valence-corrected chi connectivity index (χ3v) is 3.80. The fourth-order valence-corrected chi connectivity index (χ4v) is 2.88. The highest BCUT2D eigenvalue weighted by Gasteiger charge is 2.37. The first kappa shape index (κ1) is 14.3. The molecule has 0 amide bonds. The van der Waals surface area contributed by atoms with Crippen molar-refractivity contribution in [3.63, 3.8) is 0 Å². The van der Waals surface area contributed by atoms with E-state index in [1.165, 1.54) is 4.90 Å². The van der Waals surface area contributed by atoms with Gasteiger partial charge in [-0.2, -0.15) is 13.2 Å². The summed E-state index contributed by atoms with van der Waals surface area (Å²) in [4.78, 5) is 1.45. The number of benzene rings is 1. The molecule has 5 heteroatoms. The van der Waals surface area contributed by atoms with Gasteiger partial charge in [-0.25, -0.2) is 0 Å². The van der Waals surface area contributed by atoms with Gasteiger partial charge in [0.1, 0.15) is 0 Å². The minimum absolute atomic E-state index is 0.235. The Labute approximate surface area is 111 Å². The highest BCUT2D eigenvalue weighted by molar-refractivity contribution is 5.33. The Bertz CT molecular complexity index is 431. The first-order chi connectivity index (χ1) is 8.92. The number of aryl methyl sites for hydroxylation is 1. The van der Waals surface area contributed by atoms with E-state index in [9.17, 15) is 13.2 Å². The van der Waals surface area contributed by atoms with E-state index in [2.05, 4.69) is 0 Å². The van der Waals surface area contributed by atoms with E-state index in [4.69, 9.17) is 5.73 Å². The average Bonchev–Trinajstić information content (AvgIpc) is 2.36. The Morgan fingerprint density at radius 2 is 2.00 bits per heavy atom. The number of halogens is 3. The highest BCUT2D eigenvalue weighted by Crippen LogP contribution is 2.32. The summed E-state index contributed by atoms with van der Waals surface area (Å²) in [5, 5.41) is 0. The maximum absolute atomic E-state index is 12.6. The van der Waals surface area contributed by atoms with Crippen LogP contribution in [0.2, 0.25) is 0 Å². The topological polar surface area (TPSA) is 29.3 Å². The molecular weight excluding hydrogens is 253 g/mol. The standard InChI is InChI=1S/C14H19F3N2/c1-2-19(9-14(15,16)17)12-8-7-10-5-3-4-6-11(10)13(12)18/h3-6,12-13H,2,7-9,18H2,1H3. The third kappa shape index (κ3) is 3.28. The second-order valence-corrected chi connectivity index (χ2v) is 5.01. The van der Waals surface area contributed by atoms with Crippen molar-refractivity contribution in [1.82, 2.24) is 4.90 Å². The van der Waals surface area contributed by atoms with E-state index in [0.717, 1.165) is 17.5 Å². The molecule has 2 unspecified atom stereocenters. The van der Waals surface area contributed by atoms with E-state index in [0.29, 0.717) is 13.0 Å². The normalized spacial score (nSPS) is 23.5. The van der Waals surface area contributed by atoms with Crippen LogP contribution in [0, 0.1) is 0 Å². The van der Waals surface area contributed by atoms with Crippen LogP contribution >= 0.6 is 0 Å². The molecule has 0 fully saturated rings. The summed E-state index contributed by atoms with van der Waals surface area (Å²) in [5.74, 6) is 0.